The van der Waals surface area contributed by atoms with Crippen molar-refractivity contribution >= 4 is 11.8 Å². The molecule has 5 nitrogen and oxygen atoms in total. The molecule has 1 heterocycles. The van der Waals surface area contributed by atoms with E-state index in [1.807, 2.05) is 19.1 Å². The van der Waals surface area contributed by atoms with Crippen LogP contribution in [0.5, 0.6) is 0 Å². The standard InChI is InChI=1S/C21H25N3O2/c1-2-19(17-11-10-15-7-3-4-8-16(15)13-17)24-21(26)20(25)23-14-18-9-5-6-12-22-18/h5-6,9-13,19H,2-4,7-8,14H2,1H3,(H,23,25)(H,24,26). The van der Waals surface area contributed by atoms with Crippen molar-refractivity contribution in [2.24, 2.45) is 0 Å². The van der Waals surface area contributed by atoms with Crippen LogP contribution < -0.4 is 10.6 Å². The van der Waals surface area contributed by atoms with E-state index in [2.05, 4.69) is 33.8 Å². The van der Waals surface area contributed by atoms with Crippen molar-refractivity contribution in [1.82, 2.24) is 15.6 Å². The number of aromatic nitrogens is 1. The van der Waals surface area contributed by atoms with Gasteiger partial charge < -0.3 is 10.6 Å². The number of amides is 2. The highest BCUT2D eigenvalue weighted by molar-refractivity contribution is 6.35. The molecular weight excluding hydrogens is 326 g/mol. The van der Waals surface area contributed by atoms with Gasteiger partial charge in [-0.1, -0.05) is 31.2 Å². The molecule has 1 aliphatic carbocycles. The van der Waals surface area contributed by atoms with Crippen molar-refractivity contribution in [2.75, 3.05) is 0 Å². The van der Waals surface area contributed by atoms with Gasteiger partial charge >= 0.3 is 11.8 Å². The second kappa shape index (κ2) is 8.61. The summed E-state index contributed by atoms with van der Waals surface area (Å²) in [5.74, 6) is -1.24. The highest BCUT2D eigenvalue weighted by atomic mass is 16.2. The molecule has 0 spiro atoms. The molecule has 0 fully saturated rings. The summed E-state index contributed by atoms with van der Waals surface area (Å²) in [6.07, 6.45) is 7.09. The lowest BCUT2D eigenvalue weighted by Crippen LogP contribution is -2.41. The normalized spacial score (nSPS) is 14.2. The van der Waals surface area contributed by atoms with Crippen molar-refractivity contribution in [1.29, 1.82) is 0 Å². The summed E-state index contributed by atoms with van der Waals surface area (Å²) in [5, 5.41) is 5.47. The van der Waals surface area contributed by atoms with Gasteiger partial charge in [-0.05, 0) is 60.9 Å². The van der Waals surface area contributed by atoms with Crippen molar-refractivity contribution < 1.29 is 9.59 Å². The van der Waals surface area contributed by atoms with Crippen LogP contribution >= 0.6 is 0 Å². The summed E-state index contributed by atoms with van der Waals surface area (Å²) < 4.78 is 0. The molecule has 0 bridgehead atoms. The Morgan fingerprint density at radius 3 is 2.62 bits per heavy atom. The van der Waals surface area contributed by atoms with E-state index >= 15 is 0 Å². The number of hydrogen-bond donors (Lipinski definition) is 2. The maximum Gasteiger partial charge on any atom is 0.309 e. The SMILES string of the molecule is CCC(NC(=O)C(=O)NCc1ccccn1)c1ccc2c(c1)CCCC2. The Hall–Kier alpha value is -2.69. The number of benzene rings is 1. The predicted octanol–water partition coefficient (Wildman–Crippen LogP) is 2.84. The molecule has 5 heteroatoms. The minimum absolute atomic E-state index is 0.157. The Morgan fingerprint density at radius 2 is 1.88 bits per heavy atom. The van der Waals surface area contributed by atoms with E-state index in [0.717, 1.165) is 30.5 Å². The topological polar surface area (TPSA) is 71.1 Å². The van der Waals surface area contributed by atoms with Crippen LogP contribution in [0.4, 0.5) is 0 Å². The summed E-state index contributed by atoms with van der Waals surface area (Å²) >= 11 is 0. The van der Waals surface area contributed by atoms with Gasteiger partial charge in [0.25, 0.3) is 0 Å². The number of pyridine rings is 1. The minimum atomic E-state index is -0.632. The van der Waals surface area contributed by atoms with E-state index in [4.69, 9.17) is 0 Å². The fourth-order valence-electron chi connectivity index (χ4n) is 3.37. The van der Waals surface area contributed by atoms with Crippen LogP contribution in [0.25, 0.3) is 0 Å². The third kappa shape index (κ3) is 4.48. The largest absolute Gasteiger partial charge is 0.342 e. The monoisotopic (exact) mass is 351 g/mol. The molecule has 2 aromatic rings. The zero-order valence-corrected chi connectivity index (χ0v) is 15.1. The van der Waals surface area contributed by atoms with Crippen LogP contribution in [0.3, 0.4) is 0 Å². The molecule has 1 aromatic heterocycles. The van der Waals surface area contributed by atoms with Crippen molar-refractivity contribution in [3.63, 3.8) is 0 Å². The van der Waals surface area contributed by atoms with Gasteiger partial charge in [-0.3, -0.25) is 14.6 Å². The average molecular weight is 351 g/mol. The molecule has 0 saturated carbocycles. The minimum Gasteiger partial charge on any atom is -0.342 e. The Labute approximate surface area is 154 Å². The number of nitrogens with zero attached hydrogens (tertiary/aromatic N) is 1. The van der Waals surface area contributed by atoms with E-state index in [-0.39, 0.29) is 12.6 Å². The van der Waals surface area contributed by atoms with Gasteiger partial charge in [0, 0.05) is 6.20 Å². The molecule has 3 rings (SSSR count). The molecule has 0 aliphatic heterocycles. The Morgan fingerprint density at radius 1 is 1.08 bits per heavy atom. The Kier molecular flexibility index (Phi) is 6.00. The first kappa shape index (κ1) is 18.1. The van der Waals surface area contributed by atoms with E-state index in [0.29, 0.717) is 0 Å². The third-order valence-electron chi connectivity index (χ3n) is 4.85. The fraction of sp³-hybridized carbons (Fsp3) is 0.381. The maximum absolute atomic E-state index is 12.3. The summed E-state index contributed by atoms with van der Waals surface area (Å²) in [7, 11) is 0. The van der Waals surface area contributed by atoms with Crippen LogP contribution in [-0.4, -0.2) is 16.8 Å². The molecule has 136 valence electrons. The molecule has 2 N–H and O–H groups in total. The lowest BCUT2D eigenvalue weighted by Gasteiger charge is -2.21. The first-order valence-electron chi connectivity index (χ1n) is 9.27. The third-order valence-corrected chi connectivity index (χ3v) is 4.85. The van der Waals surface area contributed by atoms with Crippen LogP contribution in [0.15, 0.2) is 42.6 Å². The van der Waals surface area contributed by atoms with Crippen LogP contribution in [0, 0.1) is 0 Å². The van der Waals surface area contributed by atoms with Gasteiger partial charge in [-0.2, -0.15) is 0 Å². The highest BCUT2D eigenvalue weighted by Gasteiger charge is 2.20. The molecule has 0 saturated heterocycles. The van der Waals surface area contributed by atoms with E-state index in [1.54, 1.807) is 12.3 Å². The molecule has 1 aromatic carbocycles. The number of aryl methyl sites for hydroxylation is 2. The van der Waals surface area contributed by atoms with Gasteiger partial charge in [0.2, 0.25) is 0 Å². The lowest BCUT2D eigenvalue weighted by molar-refractivity contribution is -0.139. The van der Waals surface area contributed by atoms with Crippen molar-refractivity contribution in [3.8, 4) is 0 Å². The van der Waals surface area contributed by atoms with E-state index in [1.165, 1.54) is 24.0 Å². The molecular formula is C21H25N3O2. The molecule has 0 radical (unpaired) electrons. The first-order chi connectivity index (χ1) is 12.7. The van der Waals surface area contributed by atoms with Crippen molar-refractivity contribution in [3.05, 3.63) is 65.0 Å². The number of hydrogen-bond acceptors (Lipinski definition) is 3. The number of fused-ring (bicyclic) bond motifs is 1. The number of carbonyl (C=O) groups excluding carboxylic acids is 2. The molecule has 1 aliphatic rings. The van der Waals surface area contributed by atoms with Crippen molar-refractivity contribution in [2.45, 2.75) is 51.6 Å². The number of nitrogens with one attached hydrogen (secondary N) is 2. The van der Waals surface area contributed by atoms with E-state index in [9.17, 15) is 9.59 Å². The summed E-state index contributed by atoms with van der Waals surface area (Å²) in [4.78, 5) is 28.5. The first-order valence-corrected chi connectivity index (χ1v) is 9.27. The van der Waals surface area contributed by atoms with Crippen LogP contribution in [0.2, 0.25) is 0 Å². The number of carbonyl (C=O) groups is 2. The zero-order valence-electron chi connectivity index (χ0n) is 15.1. The molecule has 1 atom stereocenters. The van der Waals surface area contributed by atoms with Gasteiger partial charge in [0.15, 0.2) is 0 Å². The van der Waals surface area contributed by atoms with Crippen LogP contribution in [-0.2, 0) is 29.0 Å². The maximum atomic E-state index is 12.3. The summed E-state index contributed by atoms with van der Waals surface area (Å²) in [5.41, 5.74) is 4.57. The van der Waals surface area contributed by atoms with Gasteiger partial charge in [0.05, 0.1) is 18.3 Å². The quantitative estimate of drug-likeness (QED) is 0.814. The molecule has 2 amide bonds. The Bertz CT molecular complexity index is 774. The summed E-state index contributed by atoms with van der Waals surface area (Å²) in [6, 6.07) is 11.7. The highest BCUT2D eigenvalue weighted by Crippen LogP contribution is 2.26. The second-order valence-electron chi connectivity index (χ2n) is 6.67. The fourth-order valence-corrected chi connectivity index (χ4v) is 3.37. The molecule has 26 heavy (non-hydrogen) atoms. The Balaban J connectivity index is 1.60. The van der Waals surface area contributed by atoms with Gasteiger partial charge in [0.1, 0.15) is 0 Å². The van der Waals surface area contributed by atoms with Crippen LogP contribution in [0.1, 0.15) is 54.6 Å². The van der Waals surface area contributed by atoms with Gasteiger partial charge in [-0.25, -0.2) is 0 Å². The predicted molar refractivity (Wildman–Crippen MR) is 100 cm³/mol. The molecule has 1 unspecified atom stereocenters. The van der Waals surface area contributed by atoms with E-state index < -0.39 is 11.8 Å². The lowest BCUT2D eigenvalue weighted by atomic mass is 9.89. The zero-order chi connectivity index (χ0) is 18.4. The summed E-state index contributed by atoms with van der Waals surface area (Å²) in [6.45, 7) is 2.25. The smallest absolute Gasteiger partial charge is 0.309 e. The van der Waals surface area contributed by atoms with Gasteiger partial charge in [-0.15, -0.1) is 0 Å². The average Bonchev–Trinajstić information content (AvgIpc) is 2.70. The number of rotatable bonds is 5. The second-order valence-corrected chi connectivity index (χ2v) is 6.67.